The molecule has 1 atom stereocenters. The van der Waals surface area contributed by atoms with Gasteiger partial charge in [-0.05, 0) is 50.5 Å². The quantitative estimate of drug-likeness (QED) is 0.736. The van der Waals surface area contributed by atoms with Crippen molar-refractivity contribution in [3.8, 4) is 0 Å². The van der Waals surface area contributed by atoms with Crippen LogP contribution in [-0.4, -0.2) is 37.1 Å². The van der Waals surface area contributed by atoms with Gasteiger partial charge < -0.3 is 4.90 Å². The van der Waals surface area contributed by atoms with Gasteiger partial charge in [-0.3, -0.25) is 9.78 Å². The highest BCUT2D eigenvalue weighted by Crippen LogP contribution is 2.33. The van der Waals surface area contributed by atoms with Gasteiger partial charge >= 0.3 is 0 Å². The monoisotopic (exact) mass is 335 g/mol. The zero-order valence-corrected chi connectivity index (χ0v) is 14.5. The van der Waals surface area contributed by atoms with Crippen molar-refractivity contribution in [2.45, 2.75) is 38.8 Å². The Morgan fingerprint density at radius 2 is 2.04 bits per heavy atom. The molecule has 0 bridgehead atoms. The van der Waals surface area contributed by atoms with Crippen LogP contribution in [0.3, 0.4) is 0 Å². The first-order chi connectivity index (χ1) is 12.1. The van der Waals surface area contributed by atoms with Gasteiger partial charge in [0.1, 0.15) is 0 Å². The van der Waals surface area contributed by atoms with Crippen molar-refractivity contribution < 1.29 is 4.79 Å². The van der Waals surface area contributed by atoms with Crippen LogP contribution in [0.15, 0.2) is 43.0 Å². The van der Waals surface area contributed by atoms with E-state index >= 15 is 0 Å². The minimum Gasteiger partial charge on any atom is -0.332 e. The van der Waals surface area contributed by atoms with Gasteiger partial charge in [-0.15, -0.1) is 0 Å². The fraction of sp³-hybridized carbons (Fsp3) is 0.368. The summed E-state index contributed by atoms with van der Waals surface area (Å²) in [5.41, 5.74) is 2.58. The van der Waals surface area contributed by atoms with Crippen molar-refractivity contribution in [3.63, 3.8) is 0 Å². The third-order valence-electron chi connectivity index (χ3n) is 4.77. The Labute approximate surface area is 146 Å². The third-order valence-corrected chi connectivity index (χ3v) is 4.77. The van der Waals surface area contributed by atoms with E-state index in [-0.39, 0.29) is 18.0 Å². The lowest BCUT2D eigenvalue weighted by molar-refractivity contribution is 0.0735. The molecule has 0 aromatic carbocycles. The number of nitrogens with zero attached hydrogens (tertiary/aromatic N) is 5. The number of aromatic nitrogens is 4. The highest BCUT2D eigenvalue weighted by Gasteiger charge is 2.30. The number of carbonyl (C=O) groups excluding carboxylic acids is 1. The fourth-order valence-electron chi connectivity index (χ4n) is 3.54. The molecule has 4 heterocycles. The van der Waals surface area contributed by atoms with Crippen LogP contribution >= 0.6 is 0 Å². The van der Waals surface area contributed by atoms with E-state index in [0.29, 0.717) is 5.56 Å². The molecule has 128 valence electrons. The van der Waals surface area contributed by atoms with Crippen LogP contribution in [-0.2, 0) is 0 Å². The standard InChI is InChI=1S/C19H21N5O/c1-13(2)24-18-15(12-22-24)10-16(11-21-18)19(25)23-9-3-4-17(23)14-5-7-20-8-6-14/h5-8,10-13,17H,3-4,9H2,1-2H3. The summed E-state index contributed by atoms with van der Waals surface area (Å²) < 4.78 is 1.87. The zero-order valence-electron chi connectivity index (χ0n) is 14.5. The van der Waals surface area contributed by atoms with Crippen molar-refractivity contribution in [1.82, 2.24) is 24.6 Å². The maximum Gasteiger partial charge on any atom is 0.255 e. The Balaban J connectivity index is 1.65. The number of fused-ring (bicyclic) bond motifs is 1. The van der Waals surface area contributed by atoms with Crippen molar-refractivity contribution >= 4 is 16.9 Å². The second-order valence-electron chi connectivity index (χ2n) is 6.76. The lowest BCUT2D eigenvalue weighted by Crippen LogP contribution is -2.30. The summed E-state index contributed by atoms with van der Waals surface area (Å²) in [6, 6.07) is 6.23. The van der Waals surface area contributed by atoms with E-state index < -0.39 is 0 Å². The van der Waals surface area contributed by atoms with E-state index in [2.05, 4.69) is 28.9 Å². The smallest absolute Gasteiger partial charge is 0.255 e. The average Bonchev–Trinajstić information content (AvgIpc) is 3.28. The Morgan fingerprint density at radius 3 is 2.80 bits per heavy atom. The molecule has 3 aromatic heterocycles. The number of amides is 1. The maximum atomic E-state index is 13.1. The van der Waals surface area contributed by atoms with Crippen molar-refractivity contribution in [2.75, 3.05) is 6.54 Å². The molecule has 1 aliphatic heterocycles. The molecule has 1 unspecified atom stereocenters. The molecule has 1 amide bonds. The molecule has 4 rings (SSSR count). The van der Waals surface area contributed by atoms with E-state index in [0.717, 1.165) is 36.0 Å². The summed E-state index contributed by atoms with van der Waals surface area (Å²) >= 11 is 0. The lowest BCUT2D eigenvalue weighted by atomic mass is 10.1. The Bertz CT molecular complexity index is 903. The molecule has 0 spiro atoms. The summed E-state index contributed by atoms with van der Waals surface area (Å²) in [7, 11) is 0. The molecule has 6 heteroatoms. The minimum absolute atomic E-state index is 0.0333. The van der Waals surface area contributed by atoms with Gasteiger partial charge in [-0.1, -0.05) is 0 Å². The van der Waals surface area contributed by atoms with Gasteiger partial charge in [0.15, 0.2) is 5.65 Å². The van der Waals surface area contributed by atoms with E-state index in [1.807, 2.05) is 27.8 Å². The Hall–Kier alpha value is -2.76. The summed E-state index contributed by atoms with van der Waals surface area (Å²) in [6.07, 6.45) is 9.02. The molecule has 0 saturated carbocycles. The first-order valence-electron chi connectivity index (χ1n) is 8.69. The Morgan fingerprint density at radius 1 is 1.24 bits per heavy atom. The van der Waals surface area contributed by atoms with Gasteiger partial charge in [0.25, 0.3) is 5.91 Å². The van der Waals surface area contributed by atoms with Crippen LogP contribution in [0.4, 0.5) is 0 Å². The van der Waals surface area contributed by atoms with Crippen LogP contribution in [0.2, 0.25) is 0 Å². The molecule has 6 nitrogen and oxygen atoms in total. The van der Waals surface area contributed by atoms with E-state index in [1.54, 1.807) is 24.8 Å². The minimum atomic E-state index is 0.0333. The molecule has 0 radical (unpaired) electrons. The SMILES string of the molecule is CC(C)n1ncc2cc(C(=O)N3CCCC3c3ccncc3)cnc21. The van der Waals surface area contributed by atoms with Crippen LogP contribution < -0.4 is 0 Å². The molecule has 0 aliphatic carbocycles. The van der Waals surface area contributed by atoms with Gasteiger partial charge in [0.2, 0.25) is 0 Å². The molecular weight excluding hydrogens is 314 g/mol. The number of hydrogen-bond acceptors (Lipinski definition) is 4. The van der Waals surface area contributed by atoms with Gasteiger partial charge in [0, 0.05) is 36.6 Å². The molecule has 25 heavy (non-hydrogen) atoms. The highest BCUT2D eigenvalue weighted by atomic mass is 16.2. The third kappa shape index (κ3) is 2.77. The van der Waals surface area contributed by atoms with Crippen molar-refractivity contribution in [2.24, 2.45) is 0 Å². The van der Waals surface area contributed by atoms with Crippen LogP contribution in [0.1, 0.15) is 54.7 Å². The Kier molecular flexibility index (Phi) is 3.95. The largest absolute Gasteiger partial charge is 0.332 e. The summed E-state index contributed by atoms with van der Waals surface area (Å²) in [5, 5.41) is 5.28. The maximum absolute atomic E-state index is 13.1. The first kappa shape index (κ1) is 15.7. The van der Waals surface area contributed by atoms with Gasteiger partial charge in [-0.2, -0.15) is 5.10 Å². The highest BCUT2D eigenvalue weighted by molar-refractivity contribution is 5.97. The predicted molar refractivity (Wildman–Crippen MR) is 95.2 cm³/mol. The van der Waals surface area contributed by atoms with Crippen molar-refractivity contribution in [1.29, 1.82) is 0 Å². The van der Waals surface area contributed by atoms with Gasteiger partial charge in [-0.25, -0.2) is 9.67 Å². The van der Waals surface area contributed by atoms with Crippen LogP contribution in [0, 0.1) is 0 Å². The molecule has 1 fully saturated rings. The van der Waals surface area contributed by atoms with Gasteiger partial charge in [0.05, 0.1) is 17.8 Å². The van der Waals surface area contributed by atoms with E-state index in [9.17, 15) is 4.79 Å². The second kappa shape index (κ2) is 6.27. The number of pyridine rings is 2. The molecule has 1 aliphatic rings. The van der Waals surface area contributed by atoms with E-state index in [1.165, 1.54) is 0 Å². The summed E-state index contributed by atoms with van der Waals surface area (Å²) in [6.45, 7) is 4.91. The second-order valence-corrected chi connectivity index (χ2v) is 6.76. The summed E-state index contributed by atoms with van der Waals surface area (Å²) in [4.78, 5) is 23.6. The summed E-state index contributed by atoms with van der Waals surface area (Å²) in [5.74, 6) is 0.0333. The van der Waals surface area contributed by atoms with Crippen LogP contribution in [0.25, 0.3) is 11.0 Å². The topological polar surface area (TPSA) is 63.9 Å². The normalized spacial score (nSPS) is 17.6. The lowest BCUT2D eigenvalue weighted by Gasteiger charge is -2.25. The molecular formula is C19H21N5O. The number of likely N-dealkylation sites (tertiary alicyclic amines) is 1. The average molecular weight is 335 g/mol. The van der Waals surface area contributed by atoms with Crippen molar-refractivity contribution in [3.05, 3.63) is 54.1 Å². The first-order valence-corrected chi connectivity index (χ1v) is 8.69. The number of carbonyl (C=O) groups is 1. The molecule has 0 N–H and O–H groups in total. The number of rotatable bonds is 3. The molecule has 3 aromatic rings. The molecule has 1 saturated heterocycles. The predicted octanol–water partition coefficient (Wildman–Crippen LogP) is 3.38. The van der Waals surface area contributed by atoms with E-state index in [4.69, 9.17) is 0 Å². The number of hydrogen-bond donors (Lipinski definition) is 0. The zero-order chi connectivity index (χ0) is 17.4. The van der Waals surface area contributed by atoms with Crippen LogP contribution in [0.5, 0.6) is 0 Å². The fourth-order valence-corrected chi connectivity index (χ4v) is 3.54.